The number of anilines is 1. The molecule has 18 heavy (non-hydrogen) atoms. The lowest BCUT2D eigenvalue weighted by molar-refractivity contribution is 0.259. The van der Waals surface area contributed by atoms with Crippen molar-refractivity contribution in [3.8, 4) is 0 Å². The first-order valence-electron chi connectivity index (χ1n) is 5.69. The van der Waals surface area contributed by atoms with Crippen LogP contribution in [0.1, 0.15) is 19.4 Å². The zero-order chi connectivity index (χ0) is 13.9. The molecule has 6 heteroatoms. The smallest absolute Gasteiger partial charge is 0.317 e. The number of nitrogens with two attached hydrogens (primary N) is 1. The summed E-state index contributed by atoms with van der Waals surface area (Å²) in [4.78, 5) is 10.8. The average molecular weight is 269 g/mol. The second kappa shape index (κ2) is 5.73. The average Bonchev–Trinajstić information content (AvgIpc) is 2.64. The normalized spacial score (nSPS) is 9.83. The molecule has 1 aromatic heterocycles. The number of urea groups is 1. The molecular formula is C12H17ClN4O. The van der Waals surface area contributed by atoms with Crippen LogP contribution in [-0.4, -0.2) is 15.8 Å². The van der Waals surface area contributed by atoms with Gasteiger partial charge in [-0.2, -0.15) is 5.10 Å². The molecule has 0 fully saturated rings. The van der Waals surface area contributed by atoms with Crippen molar-refractivity contribution in [2.75, 3.05) is 5.32 Å². The first kappa shape index (κ1) is 14.3. The molecule has 0 atom stereocenters. The molecule has 0 aliphatic rings. The quantitative estimate of drug-likeness (QED) is 0.834. The number of carbonyl (C=O) groups excluding carboxylic acids is 1. The van der Waals surface area contributed by atoms with Gasteiger partial charge in [0.25, 0.3) is 0 Å². The van der Waals surface area contributed by atoms with Gasteiger partial charge < -0.3 is 5.73 Å². The van der Waals surface area contributed by atoms with Gasteiger partial charge in [0.05, 0.1) is 15.9 Å². The highest BCUT2D eigenvalue weighted by atomic mass is 35.5. The summed E-state index contributed by atoms with van der Waals surface area (Å²) in [6.45, 7) is 5.95. The van der Waals surface area contributed by atoms with Crippen molar-refractivity contribution in [3.05, 3.63) is 22.7 Å². The third kappa shape index (κ3) is 2.56. The number of fused-ring (bicyclic) bond motifs is 1. The molecule has 1 aromatic carbocycles. The largest absolute Gasteiger partial charge is 0.351 e. The second-order valence-electron chi connectivity index (χ2n) is 3.55. The third-order valence-electron chi connectivity index (χ3n) is 2.38. The molecule has 0 radical (unpaired) electrons. The lowest BCUT2D eigenvalue weighted by atomic mass is 10.1. The van der Waals surface area contributed by atoms with Crippen molar-refractivity contribution in [1.29, 1.82) is 0 Å². The zero-order valence-corrected chi connectivity index (χ0v) is 11.7. The number of carbonyl (C=O) groups is 1. The Morgan fingerprint density at radius 3 is 2.61 bits per heavy atom. The lowest BCUT2D eigenvalue weighted by Gasteiger charge is -2.01. The van der Waals surface area contributed by atoms with Crippen LogP contribution in [0.4, 0.5) is 10.6 Å². The fraction of sp³-hybridized carbons (Fsp3) is 0.333. The Morgan fingerprint density at radius 2 is 2.06 bits per heavy atom. The predicted octanol–water partition coefficient (Wildman–Crippen LogP) is 3.05. The molecule has 0 spiro atoms. The first-order valence-corrected chi connectivity index (χ1v) is 6.06. The number of amides is 2. The Kier molecular flexibility index (Phi) is 4.55. The highest BCUT2D eigenvalue weighted by Crippen LogP contribution is 2.31. The van der Waals surface area contributed by atoms with Gasteiger partial charge in [-0.25, -0.2) is 4.79 Å². The molecule has 0 saturated carbocycles. The number of primary amides is 1. The van der Waals surface area contributed by atoms with E-state index in [1.807, 2.05) is 26.8 Å². The summed E-state index contributed by atoms with van der Waals surface area (Å²) >= 11 is 6.09. The van der Waals surface area contributed by atoms with Crippen LogP contribution in [0.25, 0.3) is 10.9 Å². The summed E-state index contributed by atoms with van der Waals surface area (Å²) in [6, 6.07) is 3.02. The van der Waals surface area contributed by atoms with E-state index < -0.39 is 6.03 Å². The van der Waals surface area contributed by atoms with Gasteiger partial charge in [-0.05, 0) is 18.6 Å². The summed E-state index contributed by atoms with van der Waals surface area (Å²) in [5.41, 5.74) is 6.99. The van der Waals surface area contributed by atoms with Gasteiger partial charge in [0.15, 0.2) is 5.82 Å². The van der Waals surface area contributed by atoms with E-state index >= 15 is 0 Å². The van der Waals surface area contributed by atoms with Gasteiger partial charge in [-0.1, -0.05) is 31.5 Å². The van der Waals surface area contributed by atoms with E-state index in [0.717, 1.165) is 11.1 Å². The van der Waals surface area contributed by atoms with Crippen LogP contribution < -0.4 is 11.1 Å². The first-order chi connectivity index (χ1) is 8.50. The summed E-state index contributed by atoms with van der Waals surface area (Å²) < 4.78 is 1.67. The number of aromatic nitrogens is 2. The standard InChI is InChI=1S/C10H11ClN4O.C2H6/c1-5-3-4-6(11)7-8(5)15(2)14-9(7)13-10(12)16;1-2/h3-4H,1-2H3,(H3,12,13,14,16);1-2H3. The predicted molar refractivity (Wildman–Crippen MR) is 75.0 cm³/mol. The minimum absolute atomic E-state index is 0.388. The van der Waals surface area contributed by atoms with Gasteiger partial charge in [-0.3, -0.25) is 10.00 Å². The minimum atomic E-state index is -0.655. The lowest BCUT2D eigenvalue weighted by Crippen LogP contribution is -2.19. The summed E-state index contributed by atoms with van der Waals surface area (Å²) in [5.74, 6) is 0.388. The van der Waals surface area contributed by atoms with Crippen molar-refractivity contribution < 1.29 is 4.79 Å². The van der Waals surface area contributed by atoms with Crippen molar-refractivity contribution in [2.24, 2.45) is 12.8 Å². The molecular weight excluding hydrogens is 252 g/mol. The number of hydrogen-bond acceptors (Lipinski definition) is 2. The topological polar surface area (TPSA) is 72.9 Å². The number of rotatable bonds is 1. The fourth-order valence-corrected chi connectivity index (χ4v) is 2.01. The molecule has 0 aliphatic carbocycles. The van der Waals surface area contributed by atoms with Crippen molar-refractivity contribution in [3.63, 3.8) is 0 Å². The van der Waals surface area contributed by atoms with Crippen LogP contribution in [0.3, 0.4) is 0 Å². The zero-order valence-electron chi connectivity index (χ0n) is 10.9. The van der Waals surface area contributed by atoms with E-state index in [1.54, 1.807) is 17.8 Å². The number of nitrogens with zero attached hydrogens (tertiary/aromatic N) is 2. The highest BCUT2D eigenvalue weighted by molar-refractivity contribution is 6.36. The minimum Gasteiger partial charge on any atom is -0.351 e. The highest BCUT2D eigenvalue weighted by Gasteiger charge is 2.14. The Morgan fingerprint density at radius 1 is 1.44 bits per heavy atom. The van der Waals surface area contributed by atoms with Gasteiger partial charge in [-0.15, -0.1) is 0 Å². The van der Waals surface area contributed by atoms with Crippen LogP contribution in [0, 0.1) is 6.92 Å². The van der Waals surface area contributed by atoms with Crippen molar-refractivity contribution >= 4 is 34.4 Å². The van der Waals surface area contributed by atoms with Gasteiger partial charge in [0.2, 0.25) is 0 Å². The Balaban J connectivity index is 0.000000771. The Labute approximate surface area is 111 Å². The third-order valence-corrected chi connectivity index (χ3v) is 2.70. The number of nitrogens with one attached hydrogen (secondary N) is 1. The molecule has 98 valence electrons. The molecule has 2 aromatic rings. The van der Waals surface area contributed by atoms with Gasteiger partial charge >= 0.3 is 6.03 Å². The van der Waals surface area contributed by atoms with E-state index in [0.29, 0.717) is 16.2 Å². The molecule has 0 bridgehead atoms. The van der Waals surface area contributed by atoms with E-state index in [2.05, 4.69) is 10.4 Å². The van der Waals surface area contributed by atoms with Crippen LogP contribution in [0.15, 0.2) is 12.1 Å². The SMILES string of the molecule is CC.Cc1ccc(Cl)c2c(NC(N)=O)nn(C)c12. The molecule has 0 unspecified atom stereocenters. The van der Waals surface area contributed by atoms with Gasteiger partial charge in [0.1, 0.15) is 0 Å². The molecule has 0 saturated heterocycles. The maximum absolute atomic E-state index is 10.8. The molecule has 1 heterocycles. The molecule has 0 aliphatic heterocycles. The monoisotopic (exact) mass is 268 g/mol. The van der Waals surface area contributed by atoms with Crippen LogP contribution in [0.5, 0.6) is 0 Å². The molecule has 3 N–H and O–H groups in total. The maximum atomic E-state index is 10.8. The molecule has 2 amide bonds. The molecule has 2 rings (SSSR count). The van der Waals surface area contributed by atoms with Crippen molar-refractivity contribution in [1.82, 2.24) is 9.78 Å². The summed E-state index contributed by atoms with van der Waals surface area (Å²) in [6.07, 6.45) is 0. The van der Waals surface area contributed by atoms with Crippen molar-refractivity contribution in [2.45, 2.75) is 20.8 Å². The summed E-state index contributed by atoms with van der Waals surface area (Å²) in [7, 11) is 1.79. The summed E-state index contributed by atoms with van der Waals surface area (Å²) in [5, 5.41) is 7.88. The number of aryl methyl sites for hydroxylation is 2. The fourth-order valence-electron chi connectivity index (χ4n) is 1.77. The number of hydrogen-bond donors (Lipinski definition) is 2. The van der Waals surface area contributed by atoms with Crippen LogP contribution in [-0.2, 0) is 7.05 Å². The second-order valence-corrected chi connectivity index (χ2v) is 3.96. The van der Waals surface area contributed by atoms with Gasteiger partial charge in [0, 0.05) is 7.05 Å². The van der Waals surface area contributed by atoms with E-state index in [-0.39, 0.29) is 0 Å². The Bertz CT molecular complexity index is 577. The number of benzene rings is 1. The van der Waals surface area contributed by atoms with E-state index in [1.165, 1.54) is 0 Å². The molecule has 5 nitrogen and oxygen atoms in total. The van der Waals surface area contributed by atoms with Crippen LogP contribution >= 0.6 is 11.6 Å². The maximum Gasteiger partial charge on any atom is 0.317 e. The number of halogens is 1. The van der Waals surface area contributed by atoms with Crippen LogP contribution in [0.2, 0.25) is 5.02 Å². The van der Waals surface area contributed by atoms with E-state index in [4.69, 9.17) is 17.3 Å². The Hall–Kier alpha value is -1.75. The van der Waals surface area contributed by atoms with E-state index in [9.17, 15) is 4.79 Å².